The summed E-state index contributed by atoms with van der Waals surface area (Å²) in [4.78, 5) is -0.171. The Labute approximate surface area is 119 Å². The predicted molar refractivity (Wildman–Crippen MR) is 75.4 cm³/mol. The Morgan fingerprint density at radius 3 is 2.40 bits per heavy atom. The third kappa shape index (κ3) is 4.83. The van der Waals surface area contributed by atoms with Gasteiger partial charge in [0.25, 0.3) is 0 Å². The maximum atomic E-state index is 13.1. The van der Waals surface area contributed by atoms with Gasteiger partial charge in [0.1, 0.15) is 0 Å². The summed E-state index contributed by atoms with van der Waals surface area (Å²) in [5, 5.41) is 3.18. The minimum Gasteiger partial charge on any atom is -0.313 e. The third-order valence-corrected chi connectivity index (χ3v) is 4.80. The van der Waals surface area contributed by atoms with Crippen molar-refractivity contribution in [3.63, 3.8) is 0 Å². The Balaban J connectivity index is 2.87. The van der Waals surface area contributed by atoms with Crippen molar-refractivity contribution in [2.45, 2.75) is 44.0 Å². The largest absolute Gasteiger partial charge is 0.313 e. The molecule has 0 aliphatic carbocycles. The number of sulfone groups is 1. The molecule has 0 aliphatic heterocycles. The second-order valence-electron chi connectivity index (χ2n) is 4.80. The van der Waals surface area contributed by atoms with E-state index in [0.29, 0.717) is 0 Å². The highest BCUT2D eigenvalue weighted by atomic mass is 32.2. The van der Waals surface area contributed by atoms with Crippen LogP contribution in [-0.2, 0) is 9.84 Å². The first-order valence-corrected chi connectivity index (χ1v) is 8.47. The molecule has 0 amide bonds. The van der Waals surface area contributed by atoms with Crippen LogP contribution in [0.25, 0.3) is 0 Å². The van der Waals surface area contributed by atoms with Crippen molar-refractivity contribution in [1.29, 1.82) is 0 Å². The SMILES string of the molecule is CCCNC(CCC)CS(=O)(=O)c1ccc(F)c(F)c1. The molecule has 1 rings (SSSR count). The van der Waals surface area contributed by atoms with Crippen LogP contribution >= 0.6 is 0 Å². The van der Waals surface area contributed by atoms with E-state index in [1.165, 1.54) is 0 Å². The monoisotopic (exact) mass is 305 g/mol. The molecular weight excluding hydrogens is 284 g/mol. The van der Waals surface area contributed by atoms with Crippen molar-refractivity contribution in [3.05, 3.63) is 29.8 Å². The molecule has 1 aromatic rings. The first-order valence-electron chi connectivity index (χ1n) is 6.82. The summed E-state index contributed by atoms with van der Waals surface area (Å²) in [7, 11) is -3.62. The van der Waals surface area contributed by atoms with Crippen LogP contribution in [-0.4, -0.2) is 26.8 Å². The van der Waals surface area contributed by atoms with Gasteiger partial charge in [-0.25, -0.2) is 17.2 Å². The van der Waals surface area contributed by atoms with Crippen molar-refractivity contribution in [1.82, 2.24) is 5.32 Å². The van der Waals surface area contributed by atoms with Gasteiger partial charge in [0.15, 0.2) is 21.5 Å². The summed E-state index contributed by atoms with van der Waals surface area (Å²) in [5.41, 5.74) is 0. The molecule has 0 spiro atoms. The van der Waals surface area contributed by atoms with Gasteiger partial charge in [-0.05, 0) is 37.6 Å². The number of nitrogens with one attached hydrogen (secondary N) is 1. The molecule has 0 aromatic heterocycles. The predicted octanol–water partition coefficient (Wildman–Crippen LogP) is 2.91. The minimum atomic E-state index is -3.62. The van der Waals surface area contributed by atoms with Crippen LogP contribution in [0.5, 0.6) is 0 Å². The van der Waals surface area contributed by atoms with Gasteiger partial charge >= 0.3 is 0 Å². The van der Waals surface area contributed by atoms with Gasteiger partial charge in [-0.3, -0.25) is 0 Å². The molecule has 1 N–H and O–H groups in total. The maximum Gasteiger partial charge on any atom is 0.180 e. The number of rotatable bonds is 8. The minimum absolute atomic E-state index is 0.105. The molecule has 0 radical (unpaired) electrons. The molecule has 0 saturated heterocycles. The van der Waals surface area contributed by atoms with Gasteiger partial charge in [-0.1, -0.05) is 20.3 Å². The van der Waals surface area contributed by atoms with E-state index < -0.39 is 21.5 Å². The van der Waals surface area contributed by atoms with Crippen LogP contribution in [0.1, 0.15) is 33.1 Å². The molecule has 1 unspecified atom stereocenters. The van der Waals surface area contributed by atoms with Crippen molar-refractivity contribution in [2.24, 2.45) is 0 Å². The van der Waals surface area contributed by atoms with E-state index in [1.807, 2.05) is 13.8 Å². The lowest BCUT2D eigenvalue weighted by Crippen LogP contribution is -2.36. The molecule has 0 fully saturated rings. The molecule has 3 nitrogen and oxygen atoms in total. The van der Waals surface area contributed by atoms with E-state index >= 15 is 0 Å². The zero-order valence-corrected chi connectivity index (χ0v) is 12.6. The van der Waals surface area contributed by atoms with Crippen LogP contribution in [0.15, 0.2) is 23.1 Å². The lowest BCUT2D eigenvalue weighted by Gasteiger charge is -2.18. The number of hydrogen-bond donors (Lipinski definition) is 1. The first kappa shape index (κ1) is 17.0. The third-order valence-electron chi connectivity index (χ3n) is 2.99. The average molecular weight is 305 g/mol. The topological polar surface area (TPSA) is 46.2 Å². The highest BCUT2D eigenvalue weighted by molar-refractivity contribution is 7.91. The number of benzene rings is 1. The fraction of sp³-hybridized carbons (Fsp3) is 0.571. The Morgan fingerprint density at radius 1 is 1.15 bits per heavy atom. The highest BCUT2D eigenvalue weighted by Gasteiger charge is 2.21. The molecule has 1 atom stereocenters. The normalized spacial score (nSPS) is 13.4. The van der Waals surface area contributed by atoms with Crippen molar-refractivity contribution < 1.29 is 17.2 Å². The van der Waals surface area contributed by atoms with E-state index in [-0.39, 0.29) is 16.7 Å². The van der Waals surface area contributed by atoms with E-state index in [9.17, 15) is 17.2 Å². The van der Waals surface area contributed by atoms with E-state index in [0.717, 1.165) is 44.0 Å². The molecule has 0 heterocycles. The first-order chi connectivity index (χ1) is 9.40. The summed E-state index contributed by atoms with van der Waals surface area (Å²) in [6.07, 6.45) is 2.49. The fourth-order valence-corrected chi connectivity index (χ4v) is 3.54. The van der Waals surface area contributed by atoms with Gasteiger partial charge in [0.2, 0.25) is 0 Å². The van der Waals surface area contributed by atoms with Gasteiger partial charge in [0, 0.05) is 6.04 Å². The quantitative estimate of drug-likeness (QED) is 0.751. The van der Waals surface area contributed by atoms with Crippen LogP contribution in [0.2, 0.25) is 0 Å². The van der Waals surface area contributed by atoms with Crippen molar-refractivity contribution >= 4 is 9.84 Å². The second kappa shape index (κ2) is 7.69. The fourth-order valence-electron chi connectivity index (χ4n) is 1.97. The molecular formula is C14H21F2NO2S. The number of halogens is 2. The van der Waals surface area contributed by atoms with Crippen LogP contribution < -0.4 is 5.32 Å². The molecule has 6 heteroatoms. The van der Waals surface area contributed by atoms with Gasteiger partial charge in [0.05, 0.1) is 10.6 Å². The van der Waals surface area contributed by atoms with Gasteiger partial charge in [-0.15, -0.1) is 0 Å². The molecule has 0 bridgehead atoms. The van der Waals surface area contributed by atoms with Crippen LogP contribution in [0, 0.1) is 11.6 Å². The summed E-state index contributed by atoms with van der Waals surface area (Å²) >= 11 is 0. The van der Waals surface area contributed by atoms with Crippen LogP contribution in [0.3, 0.4) is 0 Å². The zero-order chi connectivity index (χ0) is 15.2. The Bertz CT molecular complexity index is 532. The molecule has 1 aromatic carbocycles. The Morgan fingerprint density at radius 2 is 1.85 bits per heavy atom. The lowest BCUT2D eigenvalue weighted by atomic mass is 10.2. The maximum absolute atomic E-state index is 13.1. The number of hydrogen-bond acceptors (Lipinski definition) is 3. The van der Waals surface area contributed by atoms with Gasteiger partial charge in [-0.2, -0.15) is 0 Å². The Kier molecular flexibility index (Phi) is 6.55. The summed E-state index contributed by atoms with van der Waals surface area (Å²) in [6.45, 7) is 4.71. The standard InChI is InChI=1S/C14H21F2NO2S/c1-3-5-11(17-8-4-2)10-20(18,19)12-6-7-13(15)14(16)9-12/h6-7,9,11,17H,3-5,8,10H2,1-2H3. The van der Waals surface area contributed by atoms with Gasteiger partial charge < -0.3 is 5.32 Å². The van der Waals surface area contributed by atoms with E-state index in [4.69, 9.17) is 0 Å². The molecule has 0 aliphatic rings. The second-order valence-corrected chi connectivity index (χ2v) is 6.83. The lowest BCUT2D eigenvalue weighted by molar-refractivity contribution is 0.495. The molecule has 114 valence electrons. The average Bonchev–Trinajstić information content (AvgIpc) is 2.39. The summed E-state index contributed by atoms with van der Waals surface area (Å²) in [6, 6.07) is 2.53. The Hall–Kier alpha value is -1.01. The van der Waals surface area contributed by atoms with Crippen LogP contribution in [0.4, 0.5) is 8.78 Å². The molecule has 20 heavy (non-hydrogen) atoms. The molecule has 0 saturated carbocycles. The van der Waals surface area contributed by atoms with E-state index in [1.54, 1.807) is 0 Å². The zero-order valence-electron chi connectivity index (χ0n) is 11.8. The summed E-state index contributed by atoms with van der Waals surface area (Å²) < 4.78 is 50.4. The van der Waals surface area contributed by atoms with E-state index in [2.05, 4.69) is 5.32 Å². The summed E-state index contributed by atoms with van der Waals surface area (Å²) in [5.74, 6) is -2.29. The van der Waals surface area contributed by atoms with Crippen molar-refractivity contribution in [3.8, 4) is 0 Å². The highest BCUT2D eigenvalue weighted by Crippen LogP contribution is 2.17. The smallest absolute Gasteiger partial charge is 0.180 e. The van der Waals surface area contributed by atoms with Crippen molar-refractivity contribution in [2.75, 3.05) is 12.3 Å².